The molecule has 5 heteroatoms. The lowest BCUT2D eigenvalue weighted by atomic mass is 10.2. The molecule has 100 valence electrons. The monoisotopic (exact) mass is 269 g/mol. The first-order chi connectivity index (χ1) is 8.63. The van der Waals surface area contributed by atoms with E-state index in [0.717, 1.165) is 25.9 Å². The minimum atomic E-state index is -0.00393. The van der Waals surface area contributed by atoms with Crippen LogP contribution in [-0.2, 0) is 0 Å². The van der Waals surface area contributed by atoms with Gasteiger partial charge in [-0.05, 0) is 18.9 Å². The molecule has 0 radical (unpaired) electrons. The van der Waals surface area contributed by atoms with Crippen molar-refractivity contribution in [1.82, 2.24) is 9.88 Å². The first kappa shape index (κ1) is 14.8. The van der Waals surface area contributed by atoms with Crippen LogP contribution < -0.4 is 5.32 Å². The van der Waals surface area contributed by atoms with Crippen LogP contribution in [-0.4, -0.2) is 35.9 Å². The molecule has 1 heterocycles. The van der Waals surface area contributed by atoms with Crippen molar-refractivity contribution < 1.29 is 4.79 Å². The fraction of sp³-hybridized carbons (Fsp3) is 0.538. The molecule has 0 aliphatic rings. The first-order valence-electron chi connectivity index (χ1n) is 6.26. The van der Waals surface area contributed by atoms with Gasteiger partial charge in [0.2, 0.25) is 0 Å². The van der Waals surface area contributed by atoms with Crippen LogP contribution in [0, 0.1) is 0 Å². The molecule has 0 bridgehead atoms. The number of hydrogen-bond donors (Lipinski definition) is 1. The van der Waals surface area contributed by atoms with E-state index in [1.807, 2.05) is 4.90 Å². The van der Waals surface area contributed by atoms with E-state index < -0.39 is 0 Å². The third kappa shape index (κ3) is 3.60. The number of carbonyl (C=O) groups excluding carboxylic acids is 1. The van der Waals surface area contributed by atoms with Crippen LogP contribution in [0.1, 0.15) is 37.0 Å². The molecule has 0 saturated heterocycles. The second kappa shape index (κ2) is 7.21. The van der Waals surface area contributed by atoms with Crippen LogP contribution in [0.4, 0.5) is 5.82 Å². The molecular weight excluding hydrogens is 250 g/mol. The van der Waals surface area contributed by atoms with Gasteiger partial charge in [0.15, 0.2) is 0 Å². The van der Waals surface area contributed by atoms with Crippen molar-refractivity contribution in [2.45, 2.75) is 26.7 Å². The predicted molar refractivity (Wildman–Crippen MR) is 75.3 cm³/mol. The average Bonchev–Trinajstić information content (AvgIpc) is 2.37. The summed E-state index contributed by atoms with van der Waals surface area (Å²) in [4.78, 5) is 18.3. The van der Waals surface area contributed by atoms with Crippen LogP contribution in [0.2, 0.25) is 5.02 Å². The standard InChI is InChI=1S/C13H20ClN3O/c1-4-6-17(7-5-2)13(18)10-8-11(14)12(15-3)16-9-10/h8-9H,4-7H2,1-3H3,(H,15,16). The Labute approximate surface area is 113 Å². The lowest BCUT2D eigenvalue weighted by Gasteiger charge is -2.21. The Bertz CT molecular complexity index is 403. The minimum absolute atomic E-state index is 0.00393. The van der Waals surface area contributed by atoms with Gasteiger partial charge in [0.1, 0.15) is 5.82 Å². The molecule has 1 aromatic rings. The number of pyridine rings is 1. The van der Waals surface area contributed by atoms with E-state index in [4.69, 9.17) is 11.6 Å². The molecule has 1 amide bonds. The summed E-state index contributed by atoms with van der Waals surface area (Å²) in [6.07, 6.45) is 3.46. The summed E-state index contributed by atoms with van der Waals surface area (Å²) in [7, 11) is 1.75. The van der Waals surface area contributed by atoms with Gasteiger partial charge < -0.3 is 10.2 Å². The summed E-state index contributed by atoms with van der Waals surface area (Å²) in [6.45, 7) is 5.65. The molecule has 0 atom stereocenters. The van der Waals surface area contributed by atoms with Crippen LogP contribution in [0.15, 0.2) is 12.3 Å². The summed E-state index contributed by atoms with van der Waals surface area (Å²) < 4.78 is 0. The van der Waals surface area contributed by atoms with E-state index in [-0.39, 0.29) is 5.91 Å². The molecule has 0 saturated carbocycles. The third-order valence-corrected chi connectivity index (χ3v) is 2.89. The number of rotatable bonds is 6. The summed E-state index contributed by atoms with van der Waals surface area (Å²) in [5, 5.41) is 3.34. The highest BCUT2D eigenvalue weighted by Gasteiger charge is 2.15. The van der Waals surface area contributed by atoms with Crippen LogP contribution in [0.5, 0.6) is 0 Å². The summed E-state index contributed by atoms with van der Waals surface area (Å²) in [5.74, 6) is 0.585. The van der Waals surface area contributed by atoms with Gasteiger partial charge in [-0.1, -0.05) is 25.4 Å². The molecule has 4 nitrogen and oxygen atoms in total. The fourth-order valence-electron chi connectivity index (χ4n) is 1.78. The molecule has 1 aromatic heterocycles. The Morgan fingerprint density at radius 1 is 1.39 bits per heavy atom. The van der Waals surface area contributed by atoms with Gasteiger partial charge in [0.25, 0.3) is 5.91 Å². The third-order valence-electron chi connectivity index (χ3n) is 2.60. The zero-order chi connectivity index (χ0) is 13.5. The zero-order valence-electron chi connectivity index (χ0n) is 11.2. The smallest absolute Gasteiger partial charge is 0.255 e. The van der Waals surface area contributed by atoms with E-state index in [2.05, 4.69) is 24.1 Å². The van der Waals surface area contributed by atoms with Crippen molar-refractivity contribution in [3.8, 4) is 0 Å². The van der Waals surface area contributed by atoms with Gasteiger partial charge in [-0.15, -0.1) is 0 Å². The summed E-state index contributed by atoms with van der Waals surface area (Å²) in [5.41, 5.74) is 0.543. The van der Waals surface area contributed by atoms with Crippen LogP contribution in [0.25, 0.3) is 0 Å². The van der Waals surface area contributed by atoms with Gasteiger partial charge in [-0.2, -0.15) is 0 Å². The molecule has 0 aliphatic heterocycles. The van der Waals surface area contributed by atoms with Crippen LogP contribution in [0.3, 0.4) is 0 Å². The Morgan fingerprint density at radius 2 is 2.00 bits per heavy atom. The molecule has 1 rings (SSSR count). The largest absolute Gasteiger partial charge is 0.372 e. The summed E-state index contributed by atoms with van der Waals surface area (Å²) in [6, 6.07) is 1.67. The number of aromatic nitrogens is 1. The average molecular weight is 270 g/mol. The van der Waals surface area contributed by atoms with E-state index in [0.29, 0.717) is 16.4 Å². The van der Waals surface area contributed by atoms with E-state index >= 15 is 0 Å². The quantitative estimate of drug-likeness (QED) is 0.863. The second-order valence-electron chi connectivity index (χ2n) is 4.10. The fourth-order valence-corrected chi connectivity index (χ4v) is 2.04. The van der Waals surface area contributed by atoms with Crippen molar-refractivity contribution in [3.05, 3.63) is 22.8 Å². The highest BCUT2D eigenvalue weighted by Crippen LogP contribution is 2.20. The predicted octanol–water partition coefficient (Wildman–Crippen LogP) is 3.04. The highest BCUT2D eigenvalue weighted by molar-refractivity contribution is 6.33. The van der Waals surface area contributed by atoms with Gasteiger partial charge in [-0.25, -0.2) is 4.98 Å². The van der Waals surface area contributed by atoms with Gasteiger partial charge in [0.05, 0.1) is 10.6 Å². The SMILES string of the molecule is CCCN(CCC)C(=O)c1cnc(NC)c(Cl)c1. The highest BCUT2D eigenvalue weighted by atomic mass is 35.5. The van der Waals surface area contributed by atoms with Gasteiger partial charge in [0, 0.05) is 26.3 Å². The molecule has 0 aliphatic carbocycles. The zero-order valence-corrected chi connectivity index (χ0v) is 11.9. The van der Waals surface area contributed by atoms with E-state index in [9.17, 15) is 4.79 Å². The number of carbonyl (C=O) groups is 1. The molecule has 18 heavy (non-hydrogen) atoms. The maximum atomic E-state index is 12.3. The summed E-state index contributed by atoms with van der Waals surface area (Å²) >= 11 is 6.04. The minimum Gasteiger partial charge on any atom is -0.372 e. The first-order valence-corrected chi connectivity index (χ1v) is 6.64. The number of nitrogens with one attached hydrogen (secondary N) is 1. The lowest BCUT2D eigenvalue weighted by molar-refractivity contribution is 0.0755. The molecule has 0 unspecified atom stereocenters. The second-order valence-corrected chi connectivity index (χ2v) is 4.50. The number of anilines is 1. The van der Waals surface area contributed by atoms with Crippen molar-refractivity contribution in [3.63, 3.8) is 0 Å². The molecular formula is C13H20ClN3O. The number of hydrogen-bond acceptors (Lipinski definition) is 3. The van der Waals surface area contributed by atoms with E-state index in [1.54, 1.807) is 19.3 Å². The van der Waals surface area contributed by atoms with Crippen LogP contribution >= 0.6 is 11.6 Å². The number of nitrogens with zero attached hydrogens (tertiary/aromatic N) is 2. The Balaban J connectivity index is 2.90. The lowest BCUT2D eigenvalue weighted by Crippen LogP contribution is -2.32. The molecule has 0 aromatic carbocycles. The maximum absolute atomic E-state index is 12.3. The van der Waals surface area contributed by atoms with Crippen molar-refractivity contribution >= 4 is 23.3 Å². The Hall–Kier alpha value is -1.29. The molecule has 0 fully saturated rings. The Kier molecular flexibility index (Phi) is 5.92. The number of halogens is 1. The van der Waals surface area contributed by atoms with Crippen molar-refractivity contribution in [2.75, 3.05) is 25.5 Å². The van der Waals surface area contributed by atoms with Crippen molar-refractivity contribution in [2.24, 2.45) is 0 Å². The van der Waals surface area contributed by atoms with E-state index in [1.165, 1.54) is 0 Å². The number of amides is 1. The Morgan fingerprint density at radius 3 is 2.44 bits per heavy atom. The van der Waals surface area contributed by atoms with Crippen molar-refractivity contribution in [1.29, 1.82) is 0 Å². The normalized spacial score (nSPS) is 10.2. The van der Waals surface area contributed by atoms with Gasteiger partial charge in [-0.3, -0.25) is 4.79 Å². The topological polar surface area (TPSA) is 45.2 Å². The van der Waals surface area contributed by atoms with Gasteiger partial charge >= 0.3 is 0 Å². The maximum Gasteiger partial charge on any atom is 0.255 e. The molecule has 0 spiro atoms. The molecule has 1 N–H and O–H groups in total.